The molecule has 2 aromatic carbocycles. The van der Waals surface area contributed by atoms with E-state index in [4.69, 9.17) is 4.74 Å². The first-order chi connectivity index (χ1) is 18.3. The summed E-state index contributed by atoms with van der Waals surface area (Å²) in [6, 6.07) is 16.5. The third kappa shape index (κ3) is 11.1. The van der Waals surface area contributed by atoms with Crippen LogP contribution in [0.3, 0.4) is 0 Å². The summed E-state index contributed by atoms with van der Waals surface area (Å²) in [5, 5.41) is 16.8. The monoisotopic (exact) mass is 505 g/mol. The highest BCUT2D eigenvalue weighted by Gasteiger charge is 2.04. The van der Waals surface area contributed by atoms with Gasteiger partial charge in [0.2, 0.25) is 11.7 Å². The number of aromatic amines is 1. The molecule has 37 heavy (non-hydrogen) atoms. The smallest absolute Gasteiger partial charge is 0.219 e. The van der Waals surface area contributed by atoms with Gasteiger partial charge >= 0.3 is 0 Å². The number of carbonyl (C=O) groups excluding carboxylic acids is 1. The van der Waals surface area contributed by atoms with Crippen molar-refractivity contribution in [3.63, 3.8) is 0 Å². The van der Waals surface area contributed by atoms with Gasteiger partial charge < -0.3 is 10.1 Å². The van der Waals surface area contributed by atoms with Crippen LogP contribution in [0.4, 0.5) is 0 Å². The minimum absolute atomic E-state index is 0.167. The Kier molecular flexibility index (Phi) is 13.2. The Labute approximate surface area is 221 Å². The molecule has 200 valence electrons. The van der Waals surface area contributed by atoms with Crippen molar-refractivity contribution in [3.05, 3.63) is 48.5 Å². The Bertz CT molecular complexity index is 988. The van der Waals surface area contributed by atoms with Crippen LogP contribution in [0.5, 0.6) is 5.75 Å². The van der Waals surface area contributed by atoms with Crippen LogP contribution < -0.4 is 10.1 Å². The zero-order valence-electron chi connectivity index (χ0n) is 22.4. The standard InChI is InChI=1S/C30H43N5O2/c1-31-29(36)15-13-11-9-7-5-3-2-4-6-8-10-12-14-24-37-28-22-20-26(21-23-28)25-16-18-27(19-17-25)30-32-34-35-33-30/h16-23H,2-15,24H2,1H3,(H,31,36)(H,32,33,34,35). The molecule has 0 saturated carbocycles. The predicted octanol–water partition coefficient (Wildman–Crippen LogP) is 7.12. The van der Waals surface area contributed by atoms with E-state index in [1.165, 1.54) is 70.6 Å². The zero-order chi connectivity index (χ0) is 26.0. The van der Waals surface area contributed by atoms with Gasteiger partial charge in [0.1, 0.15) is 5.75 Å². The molecule has 2 N–H and O–H groups in total. The van der Waals surface area contributed by atoms with Crippen molar-refractivity contribution >= 4 is 5.91 Å². The summed E-state index contributed by atoms with van der Waals surface area (Å²) < 4.78 is 5.94. The number of aromatic nitrogens is 4. The van der Waals surface area contributed by atoms with E-state index in [0.29, 0.717) is 12.2 Å². The molecule has 3 rings (SSSR count). The van der Waals surface area contributed by atoms with Crippen LogP contribution in [0.15, 0.2) is 48.5 Å². The predicted molar refractivity (Wildman–Crippen MR) is 149 cm³/mol. The maximum atomic E-state index is 11.2. The van der Waals surface area contributed by atoms with Crippen molar-refractivity contribution in [3.8, 4) is 28.3 Å². The Morgan fingerprint density at radius 1 is 0.703 bits per heavy atom. The van der Waals surface area contributed by atoms with Crippen molar-refractivity contribution in [2.75, 3.05) is 13.7 Å². The van der Waals surface area contributed by atoms with E-state index in [-0.39, 0.29) is 5.91 Å². The largest absolute Gasteiger partial charge is 0.494 e. The topological polar surface area (TPSA) is 92.8 Å². The van der Waals surface area contributed by atoms with Crippen molar-refractivity contribution in [1.82, 2.24) is 25.9 Å². The first kappa shape index (κ1) is 28.4. The average molecular weight is 506 g/mol. The summed E-state index contributed by atoms with van der Waals surface area (Å²) in [7, 11) is 1.71. The fraction of sp³-hybridized carbons (Fsp3) is 0.533. The number of ether oxygens (including phenoxy) is 1. The number of carbonyl (C=O) groups is 1. The molecule has 1 heterocycles. The van der Waals surface area contributed by atoms with E-state index < -0.39 is 0 Å². The number of nitrogens with one attached hydrogen (secondary N) is 2. The molecule has 1 aromatic heterocycles. The van der Waals surface area contributed by atoms with E-state index in [1.807, 2.05) is 24.3 Å². The lowest BCUT2D eigenvalue weighted by Gasteiger charge is -2.08. The van der Waals surface area contributed by atoms with E-state index in [2.05, 4.69) is 50.2 Å². The van der Waals surface area contributed by atoms with Gasteiger partial charge in [-0.1, -0.05) is 107 Å². The number of hydrogen-bond donors (Lipinski definition) is 2. The van der Waals surface area contributed by atoms with Crippen molar-refractivity contribution in [2.24, 2.45) is 0 Å². The highest BCUT2D eigenvalue weighted by atomic mass is 16.5. The highest BCUT2D eigenvalue weighted by molar-refractivity contribution is 5.75. The highest BCUT2D eigenvalue weighted by Crippen LogP contribution is 2.25. The van der Waals surface area contributed by atoms with Crippen LogP contribution in [0.25, 0.3) is 22.5 Å². The summed E-state index contributed by atoms with van der Waals surface area (Å²) in [6.07, 6.45) is 17.2. The lowest BCUT2D eigenvalue weighted by molar-refractivity contribution is -0.120. The maximum Gasteiger partial charge on any atom is 0.219 e. The van der Waals surface area contributed by atoms with Crippen molar-refractivity contribution in [2.45, 2.75) is 89.9 Å². The third-order valence-corrected chi connectivity index (χ3v) is 6.77. The van der Waals surface area contributed by atoms with Gasteiger partial charge in [-0.25, -0.2) is 0 Å². The van der Waals surface area contributed by atoms with Gasteiger partial charge in [-0.2, -0.15) is 5.21 Å². The molecule has 1 amide bonds. The van der Waals surface area contributed by atoms with Gasteiger partial charge in [-0.05, 0) is 41.3 Å². The van der Waals surface area contributed by atoms with Gasteiger partial charge in [0.15, 0.2) is 0 Å². The van der Waals surface area contributed by atoms with E-state index >= 15 is 0 Å². The maximum absolute atomic E-state index is 11.2. The Balaban J connectivity index is 1.14. The van der Waals surface area contributed by atoms with E-state index in [1.54, 1.807) is 7.05 Å². The number of rotatable bonds is 19. The zero-order valence-corrected chi connectivity index (χ0v) is 22.4. The average Bonchev–Trinajstić information content (AvgIpc) is 3.48. The molecular weight excluding hydrogens is 462 g/mol. The fourth-order valence-electron chi connectivity index (χ4n) is 4.49. The Morgan fingerprint density at radius 3 is 1.70 bits per heavy atom. The lowest BCUT2D eigenvalue weighted by Crippen LogP contribution is -2.16. The second-order valence-corrected chi connectivity index (χ2v) is 9.70. The van der Waals surface area contributed by atoms with Gasteiger partial charge in [-0.3, -0.25) is 4.79 Å². The molecule has 0 aliphatic carbocycles. The molecule has 0 aliphatic rings. The molecule has 0 saturated heterocycles. The molecular formula is C30H43N5O2. The molecule has 0 unspecified atom stereocenters. The number of benzene rings is 2. The fourth-order valence-corrected chi connectivity index (χ4v) is 4.49. The van der Waals surface area contributed by atoms with Gasteiger partial charge in [0.25, 0.3) is 0 Å². The van der Waals surface area contributed by atoms with Crippen LogP contribution in [-0.2, 0) is 4.79 Å². The first-order valence-electron chi connectivity index (χ1n) is 14.0. The van der Waals surface area contributed by atoms with Crippen LogP contribution in [-0.4, -0.2) is 40.2 Å². The first-order valence-corrected chi connectivity index (χ1v) is 14.0. The molecule has 3 aromatic rings. The van der Waals surface area contributed by atoms with Gasteiger partial charge in [0.05, 0.1) is 6.61 Å². The van der Waals surface area contributed by atoms with Crippen molar-refractivity contribution < 1.29 is 9.53 Å². The number of H-pyrrole nitrogens is 1. The number of unbranched alkanes of at least 4 members (excludes halogenated alkanes) is 12. The van der Waals surface area contributed by atoms with Crippen LogP contribution in [0.2, 0.25) is 0 Å². The normalized spacial score (nSPS) is 10.9. The second kappa shape index (κ2) is 17.3. The van der Waals surface area contributed by atoms with Crippen LogP contribution in [0.1, 0.15) is 89.9 Å². The minimum atomic E-state index is 0.167. The summed E-state index contributed by atoms with van der Waals surface area (Å²) >= 11 is 0. The van der Waals surface area contributed by atoms with E-state index in [9.17, 15) is 4.79 Å². The molecule has 7 nitrogen and oxygen atoms in total. The minimum Gasteiger partial charge on any atom is -0.494 e. The van der Waals surface area contributed by atoms with Gasteiger partial charge in [0, 0.05) is 19.0 Å². The number of hydrogen-bond acceptors (Lipinski definition) is 5. The Morgan fingerprint density at radius 2 is 1.19 bits per heavy atom. The number of tetrazole rings is 1. The quantitative estimate of drug-likeness (QED) is 0.169. The summed E-state index contributed by atoms with van der Waals surface area (Å²) in [5.41, 5.74) is 3.24. The Hall–Kier alpha value is -3.22. The molecule has 0 radical (unpaired) electrons. The lowest BCUT2D eigenvalue weighted by atomic mass is 10.0. The van der Waals surface area contributed by atoms with Crippen LogP contribution in [0, 0.1) is 0 Å². The number of nitrogens with zero attached hydrogens (tertiary/aromatic N) is 3. The molecule has 0 atom stereocenters. The second-order valence-electron chi connectivity index (χ2n) is 9.70. The van der Waals surface area contributed by atoms with Crippen LogP contribution >= 0.6 is 0 Å². The molecule has 0 fully saturated rings. The number of amides is 1. The molecule has 0 aliphatic heterocycles. The van der Waals surface area contributed by atoms with Gasteiger partial charge in [-0.15, -0.1) is 10.2 Å². The summed E-state index contributed by atoms with van der Waals surface area (Å²) in [5.74, 6) is 1.70. The van der Waals surface area contributed by atoms with E-state index in [0.717, 1.165) is 41.9 Å². The molecule has 0 spiro atoms. The van der Waals surface area contributed by atoms with Crippen molar-refractivity contribution in [1.29, 1.82) is 0 Å². The summed E-state index contributed by atoms with van der Waals surface area (Å²) in [6.45, 7) is 0.780. The summed E-state index contributed by atoms with van der Waals surface area (Å²) in [4.78, 5) is 11.2. The molecule has 7 heteroatoms. The third-order valence-electron chi connectivity index (χ3n) is 6.77. The SMILES string of the molecule is CNC(=O)CCCCCCCCCCCCCCCOc1ccc(-c2ccc(-c3nn[nH]n3)cc2)cc1. The molecule has 0 bridgehead atoms.